The van der Waals surface area contributed by atoms with Crippen LogP contribution in [0.3, 0.4) is 0 Å². The fourth-order valence-corrected chi connectivity index (χ4v) is 2.66. The number of nitrogens with zero attached hydrogens (tertiary/aromatic N) is 1. The molecule has 2 N–H and O–H groups in total. The van der Waals surface area contributed by atoms with Gasteiger partial charge in [0.15, 0.2) is 5.13 Å². The third-order valence-corrected chi connectivity index (χ3v) is 3.59. The Bertz CT molecular complexity index is 263. The first kappa shape index (κ1) is 9.93. The Labute approximate surface area is 88.2 Å². The third-order valence-electron chi connectivity index (χ3n) is 2.88. The smallest absolute Gasteiger partial charge is 0.182 e. The molecule has 2 atom stereocenters. The summed E-state index contributed by atoms with van der Waals surface area (Å²) in [5.41, 5.74) is 0. The van der Waals surface area contributed by atoms with Gasteiger partial charge in [0.2, 0.25) is 0 Å². The number of nitrogens with one attached hydrogen (secondary N) is 1. The van der Waals surface area contributed by atoms with Gasteiger partial charge >= 0.3 is 0 Å². The van der Waals surface area contributed by atoms with Crippen LogP contribution in [0.25, 0.3) is 0 Å². The van der Waals surface area contributed by atoms with Gasteiger partial charge in [-0.3, -0.25) is 0 Å². The molecular formula is C10H16N2OS. The lowest BCUT2D eigenvalue weighted by atomic mass is 9.85. The third kappa shape index (κ3) is 2.25. The predicted octanol–water partition coefficient (Wildman–Crippen LogP) is 2.11. The van der Waals surface area contributed by atoms with Crippen molar-refractivity contribution in [3.8, 4) is 0 Å². The average molecular weight is 212 g/mol. The lowest BCUT2D eigenvalue weighted by Gasteiger charge is -2.30. The van der Waals surface area contributed by atoms with E-state index >= 15 is 0 Å². The van der Waals surface area contributed by atoms with E-state index in [9.17, 15) is 5.11 Å². The van der Waals surface area contributed by atoms with Crippen LogP contribution in [-0.4, -0.2) is 22.7 Å². The second-order valence-corrected chi connectivity index (χ2v) is 4.71. The van der Waals surface area contributed by atoms with Crippen LogP contribution in [0.2, 0.25) is 0 Å². The van der Waals surface area contributed by atoms with Crippen molar-refractivity contribution in [1.82, 2.24) is 4.98 Å². The van der Waals surface area contributed by atoms with Gasteiger partial charge < -0.3 is 10.4 Å². The zero-order valence-electron chi connectivity index (χ0n) is 8.15. The highest BCUT2D eigenvalue weighted by Crippen LogP contribution is 2.27. The Hall–Kier alpha value is -0.610. The molecule has 0 saturated heterocycles. The summed E-state index contributed by atoms with van der Waals surface area (Å²) in [5, 5.41) is 15.6. The Morgan fingerprint density at radius 3 is 3.07 bits per heavy atom. The fraction of sp³-hybridized carbons (Fsp3) is 0.700. The number of rotatable bonds is 3. The molecule has 1 saturated carbocycles. The lowest BCUT2D eigenvalue weighted by Crippen LogP contribution is -2.34. The summed E-state index contributed by atoms with van der Waals surface area (Å²) in [4.78, 5) is 4.20. The van der Waals surface area contributed by atoms with Gasteiger partial charge in [-0.05, 0) is 12.8 Å². The van der Waals surface area contributed by atoms with Gasteiger partial charge in [0, 0.05) is 30.1 Å². The molecule has 0 aliphatic heterocycles. The molecule has 2 unspecified atom stereocenters. The minimum Gasteiger partial charge on any atom is -0.396 e. The summed E-state index contributed by atoms with van der Waals surface area (Å²) in [6.45, 7) is 0.295. The first-order valence-corrected chi connectivity index (χ1v) is 6.05. The minimum atomic E-state index is 0.295. The summed E-state index contributed by atoms with van der Waals surface area (Å²) in [6.07, 6.45) is 6.62. The topological polar surface area (TPSA) is 45.1 Å². The van der Waals surface area contributed by atoms with E-state index in [1.54, 1.807) is 11.3 Å². The molecule has 0 aromatic carbocycles. The summed E-state index contributed by atoms with van der Waals surface area (Å²) >= 11 is 1.63. The Morgan fingerprint density at radius 2 is 2.36 bits per heavy atom. The van der Waals surface area contributed by atoms with E-state index in [0.29, 0.717) is 18.6 Å². The number of hydrogen-bond donors (Lipinski definition) is 2. The van der Waals surface area contributed by atoms with E-state index in [2.05, 4.69) is 10.3 Å². The molecule has 1 aliphatic rings. The van der Waals surface area contributed by atoms with Crippen LogP contribution in [0.5, 0.6) is 0 Å². The van der Waals surface area contributed by atoms with Gasteiger partial charge in [0.05, 0.1) is 0 Å². The number of hydrogen-bond acceptors (Lipinski definition) is 4. The van der Waals surface area contributed by atoms with Crippen LogP contribution in [0.4, 0.5) is 5.13 Å². The van der Waals surface area contributed by atoms with Gasteiger partial charge in [-0.2, -0.15) is 0 Å². The van der Waals surface area contributed by atoms with E-state index in [1.807, 2.05) is 11.6 Å². The fourth-order valence-electron chi connectivity index (χ4n) is 2.07. The summed E-state index contributed by atoms with van der Waals surface area (Å²) < 4.78 is 0. The molecule has 78 valence electrons. The van der Waals surface area contributed by atoms with Gasteiger partial charge in [-0.25, -0.2) is 4.98 Å². The molecule has 14 heavy (non-hydrogen) atoms. The van der Waals surface area contributed by atoms with E-state index in [1.165, 1.54) is 12.8 Å². The standard InChI is InChI=1S/C10H16N2OS/c13-7-8-3-1-2-4-9(8)12-10-11-5-6-14-10/h5-6,8-9,13H,1-4,7H2,(H,11,12). The van der Waals surface area contributed by atoms with Crippen LogP contribution < -0.4 is 5.32 Å². The number of aliphatic hydroxyl groups excluding tert-OH is 1. The zero-order chi connectivity index (χ0) is 9.80. The first-order chi connectivity index (χ1) is 6.90. The Balaban J connectivity index is 1.94. The molecule has 1 fully saturated rings. The molecule has 1 aliphatic carbocycles. The predicted molar refractivity (Wildman–Crippen MR) is 58.6 cm³/mol. The highest BCUT2D eigenvalue weighted by molar-refractivity contribution is 7.13. The van der Waals surface area contributed by atoms with Crippen LogP contribution in [-0.2, 0) is 0 Å². The summed E-state index contributed by atoms with van der Waals surface area (Å²) in [7, 11) is 0. The van der Waals surface area contributed by atoms with Crippen LogP contribution in [0.1, 0.15) is 25.7 Å². The molecule has 1 aromatic rings. The monoisotopic (exact) mass is 212 g/mol. The second-order valence-electron chi connectivity index (χ2n) is 3.82. The maximum atomic E-state index is 9.23. The zero-order valence-corrected chi connectivity index (χ0v) is 8.96. The number of aromatic nitrogens is 1. The average Bonchev–Trinajstić information content (AvgIpc) is 2.71. The minimum absolute atomic E-state index is 0.295. The van der Waals surface area contributed by atoms with E-state index in [4.69, 9.17) is 0 Å². The molecule has 4 heteroatoms. The molecular weight excluding hydrogens is 196 g/mol. The number of thiazole rings is 1. The highest BCUT2D eigenvalue weighted by Gasteiger charge is 2.24. The van der Waals surface area contributed by atoms with Crippen molar-refractivity contribution < 1.29 is 5.11 Å². The molecule has 2 rings (SSSR count). The van der Waals surface area contributed by atoms with Crippen LogP contribution >= 0.6 is 11.3 Å². The maximum absolute atomic E-state index is 9.23. The Kier molecular flexibility index (Phi) is 3.37. The van der Waals surface area contributed by atoms with E-state index < -0.39 is 0 Å². The molecule has 1 aromatic heterocycles. The second kappa shape index (κ2) is 4.75. The van der Waals surface area contributed by atoms with Crippen molar-refractivity contribution >= 4 is 16.5 Å². The summed E-state index contributed by atoms with van der Waals surface area (Å²) in [6, 6.07) is 0.417. The lowest BCUT2D eigenvalue weighted by molar-refractivity contribution is 0.178. The maximum Gasteiger partial charge on any atom is 0.182 e. The molecule has 1 heterocycles. The van der Waals surface area contributed by atoms with Gasteiger partial charge in [0.1, 0.15) is 0 Å². The molecule has 0 bridgehead atoms. The SMILES string of the molecule is OCC1CCCCC1Nc1nccs1. The summed E-state index contributed by atoms with van der Waals surface area (Å²) in [5.74, 6) is 0.410. The van der Waals surface area contributed by atoms with Crippen molar-refractivity contribution in [3.05, 3.63) is 11.6 Å². The molecule has 0 spiro atoms. The quantitative estimate of drug-likeness (QED) is 0.806. The van der Waals surface area contributed by atoms with E-state index in [0.717, 1.165) is 18.0 Å². The van der Waals surface area contributed by atoms with Crippen molar-refractivity contribution in [2.45, 2.75) is 31.7 Å². The first-order valence-electron chi connectivity index (χ1n) is 5.17. The van der Waals surface area contributed by atoms with Crippen LogP contribution in [0.15, 0.2) is 11.6 Å². The normalized spacial score (nSPS) is 27.5. The van der Waals surface area contributed by atoms with Gasteiger partial charge in [0.25, 0.3) is 0 Å². The van der Waals surface area contributed by atoms with Crippen molar-refractivity contribution in [2.24, 2.45) is 5.92 Å². The Morgan fingerprint density at radius 1 is 1.50 bits per heavy atom. The van der Waals surface area contributed by atoms with Crippen molar-refractivity contribution in [3.63, 3.8) is 0 Å². The van der Waals surface area contributed by atoms with E-state index in [-0.39, 0.29) is 0 Å². The van der Waals surface area contributed by atoms with Gasteiger partial charge in [-0.15, -0.1) is 11.3 Å². The largest absolute Gasteiger partial charge is 0.396 e. The highest BCUT2D eigenvalue weighted by atomic mass is 32.1. The molecule has 0 radical (unpaired) electrons. The molecule has 3 nitrogen and oxygen atoms in total. The number of aliphatic hydroxyl groups is 1. The molecule has 0 amide bonds. The number of anilines is 1. The van der Waals surface area contributed by atoms with Crippen molar-refractivity contribution in [1.29, 1.82) is 0 Å². The van der Waals surface area contributed by atoms with Gasteiger partial charge in [-0.1, -0.05) is 12.8 Å². The van der Waals surface area contributed by atoms with Crippen LogP contribution in [0, 0.1) is 5.92 Å². The van der Waals surface area contributed by atoms with Crippen molar-refractivity contribution in [2.75, 3.05) is 11.9 Å².